The number of hydrogen-bond acceptors (Lipinski definition) is 5. The second kappa shape index (κ2) is 5.91. The molecule has 6 heteroatoms. The van der Waals surface area contributed by atoms with E-state index in [9.17, 15) is 4.79 Å². The number of hydrogen-bond donors (Lipinski definition) is 2. The summed E-state index contributed by atoms with van der Waals surface area (Å²) in [5.41, 5.74) is 2.70. The van der Waals surface area contributed by atoms with Crippen LogP contribution in [0.25, 0.3) is 0 Å². The number of rotatable bonds is 2. The van der Waals surface area contributed by atoms with Crippen LogP contribution in [0, 0.1) is 11.8 Å². The molecule has 0 saturated carbocycles. The SMILES string of the molecule is O=C(Nc1nncs1)c1cccc(C#CCO)c1. The number of nitrogens with zero attached hydrogens (tertiary/aromatic N) is 2. The van der Waals surface area contributed by atoms with Crippen LogP contribution in [0.1, 0.15) is 15.9 Å². The van der Waals surface area contributed by atoms with Crippen LogP contribution in [0.2, 0.25) is 0 Å². The van der Waals surface area contributed by atoms with Crippen LogP contribution in [0.15, 0.2) is 29.8 Å². The van der Waals surface area contributed by atoms with Gasteiger partial charge < -0.3 is 5.11 Å². The van der Waals surface area contributed by atoms with Gasteiger partial charge in [-0.2, -0.15) is 0 Å². The summed E-state index contributed by atoms with van der Waals surface area (Å²) in [4.78, 5) is 11.9. The molecule has 1 heterocycles. The zero-order valence-corrected chi connectivity index (χ0v) is 10.1. The van der Waals surface area contributed by atoms with Gasteiger partial charge in [0.05, 0.1) is 0 Å². The van der Waals surface area contributed by atoms with Gasteiger partial charge >= 0.3 is 0 Å². The summed E-state index contributed by atoms with van der Waals surface area (Å²) in [5.74, 6) is 5.01. The fourth-order valence-corrected chi connectivity index (χ4v) is 1.72. The Hall–Kier alpha value is -2.23. The highest BCUT2D eigenvalue weighted by Crippen LogP contribution is 2.11. The summed E-state index contributed by atoms with van der Waals surface area (Å²) in [6, 6.07) is 6.83. The quantitative estimate of drug-likeness (QED) is 0.793. The maximum absolute atomic E-state index is 11.9. The summed E-state index contributed by atoms with van der Waals surface area (Å²) in [6.07, 6.45) is 0. The number of nitrogens with one attached hydrogen (secondary N) is 1. The molecular weight excluding hydrogens is 250 g/mol. The molecule has 0 saturated heterocycles. The summed E-state index contributed by atoms with van der Waals surface area (Å²) in [6.45, 7) is -0.207. The Morgan fingerprint density at radius 2 is 2.39 bits per heavy atom. The lowest BCUT2D eigenvalue weighted by Crippen LogP contribution is -2.11. The highest BCUT2D eigenvalue weighted by atomic mass is 32.1. The standard InChI is InChI=1S/C12H9N3O2S/c16-6-2-4-9-3-1-5-10(7-9)11(17)14-12-15-13-8-18-12/h1,3,5,7-8,16H,6H2,(H,14,15,17). The van der Waals surface area contributed by atoms with Gasteiger partial charge in [-0.05, 0) is 18.2 Å². The molecule has 0 atom stereocenters. The minimum atomic E-state index is -0.264. The van der Waals surface area contributed by atoms with Crippen molar-refractivity contribution in [2.24, 2.45) is 0 Å². The highest BCUT2D eigenvalue weighted by Gasteiger charge is 2.07. The monoisotopic (exact) mass is 259 g/mol. The summed E-state index contributed by atoms with van der Waals surface area (Å²) < 4.78 is 0. The maximum Gasteiger partial charge on any atom is 0.257 e. The molecule has 2 N–H and O–H groups in total. The van der Waals surface area contributed by atoms with E-state index in [0.29, 0.717) is 16.3 Å². The zero-order valence-electron chi connectivity index (χ0n) is 9.25. The Morgan fingerprint density at radius 3 is 3.11 bits per heavy atom. The predicted octanol–water partition coefficient (Wildman–Crippen LogP) is 1.13. The molecule has 0 aliphatic rings. The molecule has 0 unspecified atom stereocenters. The molecule has 0 aliphatic heterocycles. The molecule has 5 nitrogen and oxygen atoms in total. The first kappa shape index (κ1) is 12.2. The third-order valence-electron chi connectivity index (χ3n) is 2.02. The van der Waals surface area contributed by atoms with Gasteiger partial charge in [0.15, 0.2) is 0 Å². The summed E-state index contributed by atoms with van der Waals surface area (Å²) in [7, 11) is 0. The molecule has 18 heavy (non-hydrogen) atoms. The van der Waals surface area contributed by atoms with E-state index in [-0.39, 0.29) is 12.5 Å². The van der Waals surface area contributed by atoms with E-state index >= 15 is 0 Å². The van der Waals surface area contributed by atoms with Crippen LogP contribution in [-0.2, 0) is 0 Å². The van der Waals surface area contributed by atoms with Crippen molar-refractivity contribution in [1.82, 2.24) is 10.2 Å². The lowest BCUT2D eigenvalue weighted by Gasteiger charge is -2.01. The van der Waals surface area contributed by atoms with Crippen LogP contribution in [0.4, 0.5) is 5.13 Å². The average molecular weight is 259 g/mol. The van der Waals surface area contributed by atoms with Crippen molar-refractivity contribution >= 4 is 22.4 Å². The van der Waals surface area contributed by atoms with Crippen molar-refractivity contribution in [2.45, 2.75) is 0 Å². The molecule has 2 aromatic rings. The van der Waals surface area contributed by atoms with E-state index in [0.717, 1.165) is 0 Å². The molecule has 0 aliphatic carbocycles. The number of carbonyl (C=O) groups is 1. The van der Waals surface area contributed by atoms with Crippen molar-refractivity contribution in [3.8, 4) is 11.8 Å². The van der Waals surface area contributed by atoms with Crippen molar-refractivity contribution < 1.29 is 9.90 Å². The summed E-state index contributed by atoms with van der Waals surface area (Å²) >= 11 is 1.25. The van der Waals surface area contributed by atoms with Gasteiger partial charge in [-0.25, -0.2) is 0 Å². The fraction of sp³-hybridized carbons (Fsp3) is 0.0833. The maximum atomic E-state index is 11.9. The normalized spacial score (nSPS) is 9.39. The van der Waals surface area contributed by atoms with Crippen LogP contribution in [0.5, 0.6) is 0 Å². The Kier molecular flexibility index (Phi) is 4.02. The topological polar surface area (TPSA) is 75.1 Å². The molecule has 90 valence electrons. The van der Waals surface area contributed by atoms with Gasteiger partial charge in [-0.15, -0.1) is 10.2 Å². The average Bonchev–Trinajstić information content (AvgIpc) is 2.89. The van der Waals surface area contributed by atoms with Gasteiger partial charge in [0, 0.05) is 11.1 Å². The third-order valence-corrected chi connectivity index (χ3v) is 2.62. The van der Waals surface area contributed by atoms with Gasteiger partial charge in [-0.1, -0.05) is 29.2 Å². The fourth-order valence-electron chi connectivity index (χ4n) is 1.28. The lowest BCUT2D eigenvalue weighted by atomic mass is 10.1. The molecular formula is C12H9N3O2S. The van der Waals surface area contributed by atoms with E-state index < -0.39 is 0 Å². The van der Waals surface area contributed by atoms with E-state index in [1.54, 1.807) is 29.8 Å². The Labute approximate surface area is 108 Å². The highest BCUT2D eigenvalue weighted by molar-refractivity contribution is 7.13. The van der Waals surface area contributed by atoms with Crippen LogP contribution >= 0.6 is 11.3 Å². The number of aliphatic hydroxyl groups is 1. The minimum absolute atomic E-state index is 0.207. The number of amides is 1. The Bertz CT molecular complexity index is 599. The van der Waals surface area contributed by atoms with Gasteiger partial charge in [0.2, 0.25) is 5.13 Å². The molecule has 0 radical (unpaired) electrons. The Balaban J connectivity index is 2.15. The summed E-state index contributed by atoms with van der Waals surface area (Å²) in [5, 5.41) is 19.1. The molecule has 0 bridgehead atoms. The smallest absolute Gasteiger partial charge is 0.257 e. The lowest BCUT2D eigenvalue weighted by molar-refractivity contribution is 0.102. The van der Waals surface area contributed by atoms with E-state index in [1.165, 1.54) is 11.3 Å². The van der Waals surface area contributed by atoms with Crippen molar-refractivity contribution in [1.29, 1.82) is 0 Å². The molecule has 0 spiro atoms. The number of anilines is 1. The van der Waals surface area contributed by atoms with Crippen molar-refractivity contribution in [3.63, 3.8) is 0 Å². The van der Waals surface area contributed by atoms with Gasteiger partial charge in [0.25, 0.3) is 5.91 Å². The predicted molar refractivity (Wildman–Crippen MR) is 68.3 cm³/mol. The van der Waals surface area contributed by atoms with Gasteiger partial charge in [-0.3, -0.25) is 10.1 Å². The van der Waals surface area contributed by atoms with Crippen molar-refractivity contribution in [3.05, 3.63) is 40.9 Å². The van der Waals surface area contributed by atoms with Gasteiger partial charge in [0.1, 0.15) is 12.1 Å². The zero-order chi connectivity index (χ0) is 12.8. The largest absolute Gasteiger partial charge is 0.384 e. The number of benzene rings is 1. The first-order valence-electron chi connectivity index (χ1n) is 5.07. The third kappa shape index (κ3) is 3.13. The number of aromatic nitrogens is 2. The minimum Gasteiger partial charge on any atom is -0.384 e. The van der Waals surface area contributed by atoms with Crippen LogP contribution in [-0.4, -0.2) is 27.8 Å². The number of aliphatic hydroxyl groups excluding tert-OH is 1. The van der Waals surface area contributed by atoms with Crippen molar-refractivity contribution in [2.75, 3.05) is 11.9 Å². The van der Waals surface area contributed by atoms with E-state index in [1.807, 2.05) is 0 Å². The molecule has 1 aromatic heterocycles. The Morgan fingerprint density at radius 1 is 1.50 bits per heavy atom. The molecule has 1 aromatic carbocycles. The molecule has 0 fully saturated rings. The number of carbonyl (C=O) groups excluding carboxylic acids is 1. The second-order valence-electron chi connectivity index (χ2n) is 3.24. The second-order valence-corrected chi connectivity index (χ2v) is 4.07. The molecule has 1 amide bonds. The van der Waals surface area contributed by atoms with Crippen LogP contribution in [0.3, 0.4) is 0 Å². The molecule has 2 rings (SSSR count). The van der Waals surface area contributed by atoms with E-state index in [2.05, 4.69) is 27.4 Å². The van der Waals surface area contributed by atoms with E-state index in [4.69, 9.17) is 5.11 Å². The first-order valence-corrected chi connectivity index (χ1v) is 5.95. The first-order chi connectivity index (χ1) is 8.79. The van der Waals surface area contributed by atoms with Crippen LogP contribution < -0.4 is 5.32 Å².